The minimum atomic E-state index is 0.165. The molecule has 0 aromatic heterocycles. The molecule has 68 valence electrons. The van der Waals surface area contributed by atoms with Gasteiger partial charge in [-0.1, -0.05) is 0 Å². The van der Waals surface area contributed by atoms with Crippen LogP contribution in [0.5, 0.6) is 0 Å². The van der Waals surface area contributed by atoms with Crippen molar-refractivity contribution in [3.63, 3.8) is 0 Å². The molecule has 0 amide bonds. The first-order valence-corrected chi connectivity index (χ1v) is 5.77. The lowest BCUT2D eigenvalue weighted by atomic mass is 9.96. The van der Waals surface area contributed by atoms with Gasteiger partial charge in [-0.3, -0.25) is 4.79 Å². The van der Waals surface area contributed by atoms with Gasteiger partial charge in [-0.15, -0.1) is 0 Å². The summed E-state index contributed by atoms with van der Waals surface area (Å²) in [5.41, 5.74) is 0. The highest BCUT2D eigenvalue weighted by Crippen LogP contribution is 2.32. The quantitative estimate of drug-likeness (QED) is 0.662. The largest absolute Gasteiger partial charge is 0.304 e. The molecule has 1 N–H and O–H groups in total. The number of hydrogen-bond acceptors (Lipinski definition) is 3. The van der Waals surface area contributed by atoms with Crippen LogP contribution in [-0.2, 0) is 4.79 Å². The van der Waals surface area contributed by atoms with Crippen LogP contribution in [0.4, 0.5) is 0 Å². The van der Waals surface area contributed by atoms with Gasteiger partial charge in [-0.25, -0.2) is 0 Å². The number of nitrogens with one attached hydrogen (secondary N) is 1. The maximum absolute atomic E-state index is 11.1. The lowest BCUT2D eigenvalue weighted by Crippen LogP contribution is -2.38. The molecule has 2 saturated heterocycles. The Hall–Kier alpha value is -0.0200. The summed E-state index contributed by atoms with van der Waals surface area (Å²) in [6.45, 7) is 1.70. The standard InChI is InChI=1S/C9H15NOS/c1-6(11)8-4-7-2-3-12-5-9(7)10-8/h7-10H,2-5H2,1H3. The SMILES string of the molecule is CC(=O)C1CC2CCSCC2N1. The Labute approximate surface area is 77.5 Å². The minimum Gasteiger partial charge on any atom is -0.304 e. The van der Waals surface area contributed by atoms with E-state index in [1.807, 2.05) is 11.8 Å². The molecule has 2 nitrogen and oxygen atoms in total. The van der Waals surface area contributed by atoms with Gasteiger partial charge in [0, 0.05) is 11.8 Å². The topological polar surface area (TPSA) is 29.1 Å². The Morgan fingerprint density at radius 3 is 3.08 bits per heavy atom. The van der Waals surface area contributed by atoms with Gasteiger partial charge in [0.25, 0.3) is 0 Å². The average Bonchev–Trinajstić information content (AvgIpc) is 2.46. The maximum Gasteiger partial charge on any atom is 0.146 e. The van der Waals surface area contributed by atoms with Crippen molar-refractivity contribution in [3.05, 3.63) is 0 Å². The number of fused-ring (bicyclic) bond motifs is 1. The zero-order chi connectivity index (χ0) is 8.55. The molecular weight excluding hydrogens is 170 g/mol. The van der Waals surface area contributed by atoms with Gasteiger partial charge in [0.05, 0.1) is 6.04 Å². The number of ketones is 1. The van der Waals surface area contributed by atoms with Crippen molar-refractivity contribution >= 4 is 17.5 Å². The summed E-state index contributed by atoms with van der Waals surface area (Å²) in [4.78, 5) is 11.1. The molecule has 2 aliphatic rings. The predicted molar refractivity (Wildman–Crippen MR) is 51.4 cm³/mol. The van der Waals surface area contributed by atoms with Crippen LogP contribution in [0.1, 0.15) is 19.8 Å². The van der Waals surface area contributed by atoms with Crippen molar-refractivity contribution < 1.29 is 4.79 Å². The van der Waals surface area contributed by atoms with E-state index < -0.39 is 0 Å². The highest BCUT2D eigenvalue weighted by molar-refractivity contribution is 7.99. The molecule has 12 heavy (non-hydrogen) atoms. The van der Waals surface area contributed by atoms with E-state index in [0.717, 1.165) is 12.3 Å². The molecule has 0 radical (unpaired) electrons. The van der Waals surface area contributed by atoms with Crippen LogP contribution < -0.4 is 5.32 Å². The van der Waals surface area contributed by atoms with Gasteiger partial charge >= 0.3 is 0 Å². The van der Waals surface area contributed by atoms with Crippen LogP contribution in [0, 0.1) is 5.92 Å². The molecule has 2 aliphatic heterocycles. The summed E-state index contributed by atoms with van der Waals surface area (Å²) in [6, 6.07) is 0.788. The smallest absolute Gasteiger partial charge is 0.146 e. The third-order valence-corrected chi connectivity index (χ3v) is 4.06. The van der Waals surface area contributed by atoms with E-state index >= 15 is 0 Å². The average molecular weight is 185 g/mol. The van der Waals surface area contributed by atoms with Crippen LogP contribution in [0.2, 0.25) is 0 Å². The van der Waals surface area contributed by atoms with Gasteiger partial charge in [-0.2, -0.15) is 11.8 Å². The zero-order valence-corrected chi connectivity index (χ0v) is 8.19. The highest BCUT2D eigenvalue weighted by atomic mass is 32.2. The van der Waals surface area contributed by atoms with Crippen molar-refractivity contribution in [2.75, 3.05) is 11.5 Å². The molecular formula is C9H15NOS. The van der Waals surface area contributed by atoms with Crippen molar-refractivity contribution in [3.8, 4) is 0 Å². The third-order valence-electron chi connectivity index (χ3n) is 2.94. The fourth-order valence-corrected chi connectivity index (χ4v) is 3.42. The molecule has 3 unspecified atom stereocenters. The predicted octanol–water partition coefficient (Wildman–Crippen LogP) is 1.06. The number of rotatable bonds is 1. The zero-order valence-electron chi connectivity index (χ0n) is 7.38. The van der Waals surface area contributed by atoms with Crippen LogP contribution in [0.15, 0.2) is 0 Å². The lowest BCUT2D eigenvalue weighted by Gasteiger charge is -2.23. The number of thioether (sulfide) groups is 1. The summed E-state index contributed by atoms with van der Waals surface area (Å²) >= 11 is 2.01. The molecule has 3 heteroatoms. The second kappa shape index (κ2) is 3.38. The van der Waals surface area contributed by atoms with E-state index in [4.69, 9.17) is 0 Å². The van der Waals surface area contributed by atoms with Crippen LogP contribution in [0.3, 0.4) is 0 Å². The van der Waals surface area contributed by atoms with Gasteiger partial charge in [0.15, 0.2) is 0 Å². The minimum absolute atomic E-state index is 0.165. The van der Waals surface area contributed by atoms with Crippen molar-refractivity contribution in [2.45, 2.75) is 31.8 Å². The molecule has 0 saturated carbocycles. The number of carbonyl (C=O) groups is 1. The van der Waals surface area contributed by atoms with E-state index in [9.17, 15) is 4.79 Å². The van der Waals surface area contributed by atoms with E-state index in [2.05, 4.69) is 5.32 Å². The van der Waals surface area contributed by atoms with Crippen LogP contribution in [-0.4, -0.2) is 29.4 Å². The first-order chi connectivity index (χ1) is 5.77. The summed E-state index contributed by atoms with van der Waals surface area (Å²) in [5.74, 6) is 3.58. The number of hydrogen-bond donors (Lipinski definition) is 1. The first kappa shape index (κ1) is 8.57. The Kier molecular flexibility index (Phi) is 2.42. The van der Waals surface area contributed by atoms with Crippen molar-refractivity contribution in [1.29, 1.82) is 0 Å². The molecule has 2 fully saturated rings. The van der Waals surface area contributed by atoms with Gasteiger partial charge < -0.3 is 5.32 Å². The Morgan fingerprint density at radius 2 is 2.42 bits per heavy atom. The number of Topliss-reactive ketones (excluding diaryl/α,β-unsaturated/α-hetero) is 1. The van der Waals surface area contributed by atoms with Gasteiger partial charge in [0.1, 0.15) is 5.78 Å². The van der Waals surface area contributed by atoms with Crippen molar-refractivity contribution in [1.82, 2.24) is 5.32 Å². The summed E-state index contributed by atoms with van der Waals surface area (Å²) in [6.07, 6.45) is 2.38. The lowest BCUT2D eigenvalue weighted by molar-refractivity contribution is -0.118. The fraction of sp³-hybridized carbons (Fsp3) is 0.889. The Morgan fingerprint density at radius 1 is 1.58 bits per heavy atom. The van der Waals surface area contributed by atoms with Crippen LogP contribution >= 0.6 is 11.8 Å². The molecule has 2 rings (SSSR count). The van der Waals surface area contributed by atoms with Crippen LogP contribution in [0.25, 0.3) is 0 Å². The molecule has 2 heterocycles. The normalized spacial score (nSPS) is 40.9. The van der Waals surface area contributed by atoms with E-state index in [0.29, 0.717) is 11.8 Å². The monoisotopic (exact) mass is 185 g/mol. The molecule has 0 aromatic rings. The second-order valence-electron chi connectivity index (χ2n) is 3.80. The van der Waals surface area contributed by atoms with Gasteiger partial charge in [-0.05, 0) is 31.4 Å². The molecule has 0 aliphatic carbocycles. The summed E-state index contributed by atoms with van der Waals surface area (Å²) in [7, 11) is 0. The highest BCUT2D eigenvalue weighted by Gasteiger charge is 2.36. The Bertz CT molecular complexity index is 181. The second-order valence-corrected chi connectivity index (χ2v) is 4.95. The first-order valence-electron chi connectivity index (χ1n) is 4.61. The third kappa shape index (κ3) is 1.52. The molecule has 3 atom stereocenters. The Balaban J connectivity index is 1.98. The van der Waals surface area contributed by atoms with E-state index in [1.165, 1.54) is 17.9 Å². The van der Waals surface area contributed by atoms with Crippen molar-refractivity contribution in [2.24, 2.45) is 5.92 Å². The van der Waals surface area contributed by atoms with E-state index in [1.54, 1.807) is 6.92 Å². The molecule has 0 aromatic carbocycles. The summed E-state index contributed by atoms with van der Waals surface area (Å²) in [5, 5.41) is 3.42. The summed E-state index contributed by atoms with van der Waals surface area (Å²) < 4.78 is 0. The maximum atomic E-state index is 11.1. The molecule has 0 spiro atoms. The van der Waals surface area contributed by atoms with E-state index in [-0.39, 0.29) is 6.04 Å². The van der Waals surface area contributed by atoms with Gasteiger partial charge in [0.2, 0.25) is 0 Å². The fourth-order valence-electron chi connectivity index (χ4n) is 2.16. The number of carbonyl (C=O) groups excluding carboxylic acids is 1. The molecule has 0 bridgehead atoms.